The standard InChI is InChI=1S/C34H41F2N3O2/c35-28-16-12-26(13-17-28)31(27-14-18-29(36)19-15-27)11-7-21-38-22-24-39(25-23-38)33-32(10-6-20-37-33)34(40)41-30-8-4-2-1-3-5-9-30/h6,10,12-20,30-31H,1-5,7-9,11,21-25H2. The zero-order valence-corrected chi connectivity index (χ0v) is 23.8. The number of carbonyl (C=O) groups excluding carboxylic acids is 1. The Labute approximate surface area is 242 Å². The minimum absolute atomic E-state index is 0.00125. The largest absolute Gasteiger partial charge is 0.459 e. The molecule has 0 atom stereocenters. The number of halogens is 2. The summed E-state index contributed by atoms with van der Waals surface area (Å²) < 4.78 is 33.1. The molecule has 218 valence electrons. The van der Waals surface area contributed by atoms with Crippen LogP contribution in [0.25, 0.3) is 0 Å². The molecule has 0 amide bonds. The average Bonchev–Trinajstić information content (AvgIpc) is 2.98. The Bertz CT molecular complexity index is 1190. The molecule has 2 aromatic carbocycles. The number of ether oxygens (including phenoxy) is 1. The molecule has 1 aliphatic carbocycles. The van der Waals surface area contributed by atoms with Gasteiger partial charge < -0.3 is 9.64 Å². The number of hydrogen-bond donors (Lipinski definition) is 0. The van der Waals surface area contributed by atoms with Gasteiger partial charge in [0.15, 0.2) is 0 Å². The predicted molar refractivity (Wildman–Crippen MR) is 158 cm³/mol. The number of pyridine rings is 1. The third kappa shape index (κ3) is 8.13. The molecule has 5 rings (SSSR count). The predicted octanol–water partition coefficient (Wildman–Crippen LogP) is 7.36. The first-order valence-electron chi connectivity index (χ1n) is 15.2. The van der Waals surface area contributed by atoms with Crippen molar-refractivity contribution < 1.29 is 18.3 Å². The molecular weight excluding hydrogens is 520 g/mol. The van der Waals surface area contributed by atoms with Crippen LogP contribution in [-0.4, -0.2) is 54.7 Å². The quantitative estimate of drug-likeness (QED) is 0.255. The maximum Gasteiger partial charge on any atom is 0.342 e. The molecule has 5 nitrogen and oxygen atoms in total. The third-order valence-electron chi connectivity index (χ3n) is 8.52. The normalized spacial score (nSPS) is 17.3. The van der Waals surface area contributed by atoms with Gasteiger partial charge in [0, 0.05) is 38.3 Å². The van der Waals surface area contributed by atoms with Gasteiger partial charge in [-0.05, 0) is 92.6 Å². The van der Waals surface area contributed by atoms with Crippen LogP contribution in [0.4, 0.5) is 14.6 Å². The highest BCUT2D eigenvalue weighted by Crippen LogP contribution is 2.30. The van der Waals surface area contributed by atoms with Crippen LogP contribution in [0.2, 0.25) is 0 Å². The first kappa shape index (κ1) is 29.2. The number of benzene rings is 2. The number of nitrogens with zero attached hydrogens (tertiary/aromatic N) is 3. The van der Waals surface area contributed by atoms with Crippen LogP contribution in [0.5, 0.6) is 0 Å². The molecule has 0 bridgehead atoms. The monoisotopic (exact) mass is 561 g/mol. The van der Waals surface area contributed by atoms with E-state index in [9.17, 15) is 13.6 Å². The lowest BCUT2D eigenvalue weighted by Gasteiger charge is -2.36. The number of carbonyl (C=O) groups is 1. The molecular formula is C34H41F2N3O2. The van der Waals surface area contributed by atoms with Crippen LogP contribution in [0, 0.1) is 11.6 Å². The summed E-state index contributed by atoms with van der Waals surface area (Å²) in [6.07, 6.45) is 11.4. The van der Waals surface area contributed by atoms with Crippen molar-refractivity contribution >= 4 is 11.8 Å². The second kappa shape index (κ2) is 14.5. The van der Waals surface area contributed by atoms with E-state index in [0.717, 1.165) is 88.2 Å². The highest BCUT2D eigenvalue weighted by Gasteiger charge is 2.25. The maximum absolute atomic E-state index is 13.6. The summed E-state index contributed by atoms with van der Waals surface area (Å²) >= 11 is 0. The zero-order chi connectivity index (χ0) is 28.4. The molecule has 0 N–H and O–H groups in total. The van der Waals surface area contributed by atoms with Gasteiger partial charge >= 0.3 is 5.97 Å². The summed E-state index contributed by atoms with van der Waals surface area (Å²) in [7, 11) is 0. The molecule has 1 aromatic heterocycles. The number of esters is 1. The summed E-state index contributed by atoms with van der Waals surface area (Å²) in [4.78, 5) is 22.4. The van der Waals surface area contributed by atoms with Gasteiger partial charge in [-0.3, -0.25) is 4.90 Å². The van der Waals surface area contributed by atoms with Crippen molar-refractivity contribution in [2.75, 3.05) is 37.6 Å². The molecule has 2 heterocycles. The molecule has 2 aliphatic rings. The van der Waals surface area contributed by atoms with Crippen molar-refractivity contribution in [1.29, 1.82) is 0 Å². The second-order valence-electron chi connectivity index (χ2n) is 11.4. The van der Waals surface area contributed by atoms with Gasteiger partial charge in [-0.1, -0.05) is 43.5 Å². The smallest absolute Gasteiger partial charge is 0.342 e. The van der Waals surface area contributed by atoms with Crippen LogP contribution in [0.1, 0.15) is 85.2 Å². The van der Waals surface area contributed by atoms with E-state index in [-0.39, 0.29) is 29.6 Å². The highest BCUT2D eigenvalue weighted by molar-refractivity contribution is 5.94. The Kier molecular flexibility index (Phi) is 10.3. The molecule has 7 heteroatoms. The fourth-order valence-electron chi connectivity index (χ4n) is 6.18. The Hall–Kier alpha value is -3.32. The Morgan fingerprint density at radius 1 is 0.829 bits per heavy atom. The first-order chi connectivity index (χ1) is 20.1. The Morgan fingerprint density at radius 2 is 1.41 bits per heavy atom. The van der Waals surface area contributed by atoms with Crippen LogP contribution in [0.15, 0.2) is 66.9 Å². The molecule has 1 saturated carbocycles. The Morgan fingerprint density at radius 3 is 2.02 bits per heavy atom. The molecule has 1 saturated heterocycles. The van der Waals surface area contributed by atoms with Crippen LogP contribution in [-0.2, 0) is 4.74 Å². The molecule has 0 radical (unpaired) electrons. The highest BCUT2D eigenvalue weighted by atomic mass is 19.1. The zero-order valence-electron chi connectivity index (χ0n) is 23.8. The minimum Gasteiger partial charge on any atom is -0.459 e. The van der Waals surface area contributed by atoms with Crippen molar-refractivity contribution in [3.63, 3.8) is 0 Å². The number of anilines is 1. The third-order valence-corrected chi connectivity index (χ3v) is 8.52. The van der Waals surface area contributed by atoms with Crippen LogP contribution in [0.3, 0.4) is 0 Å². The SMILES string of the molecule is O=C(OC1CCCCCCC1)c1cccnc1N1CCN(CCCC(c2ccc(F)cc2)c2ccc(F)cc2)CC1. The first-order valence-corrected chi connectivity index (χ1v) is 15.2. The van der Waals surface area contributed by atoms with E-state index in [1.165, 1.54) is 43.5 Å². The van der Waals surface area contributed by atoms with E-state index in [0.29, 0.717) is 5.56 Å². The van der Waals surface area contributed by atoms with E-state index < -0.39 is 0 Å². The van der Waals surface area contributed by atoms with E-state index in [4.69, 9.17) is 4.74 Å². The number of piperazine rings is 1. The van der Waals surface area contributed by atoms with Crippen molar-refractivity contribution in [3.05, 3.63) is 95.2 Å². The summed E-state index contributed by atoms with van der Waals surface area (Å²) in [6.45, 7) is 4.28. The van der Waals surface area contributed by atoms with Gasteiger partial charge in [0.1, 0.15) is 29.1 Å². The Balaban J connectivity index is 1.15. The van der Waals surface area contributed by atoms with Crippen LogP contribution >= 0.6 is 0 Å². The molecule has 0 spiro atoms. The van der Waals surface area contributed by atoms with Gasteiger partial charge in [0.05, 0.1) is 0 Å². The lowest BCUT2D eigenvalue weighted by Crippen LogP contribution is -2.47. The lowest BCUT2D eigenvalue weighted by molar-refractivity contribution is 0.0239. The van der Waals surface area contributed by atoms with E-state index in [1.807, 2.05) is 36.4 Å². The van der Waals surface area contributed by atoms with Gasteiger partial charge in [0.25, 0.3) is 0 Å². The van der Waals surface area contributed by atoms with E-state index in [1.54, 1.807) is 6.20 Å². The molecule has 41 heavy (non-hydrogen) atoms. The fraction of sp³-hybridized carbons (Fsp3) is 0.471. The molecule has 1 aliphatic heterocycles. The maximum atomic E-state index is 13.6. The van der Waals surface area contributed by atoms with E-state index >= 15 is 0 Å². The van der Waals surface area contributed by atoms with Crippen molar-refractivity contribution in [1.82, 2.24) is 9.88 Å². The van der Waals surface area contributed by atoms with Crippen molar-refractivity contribution in [2.45, 2.75) is 69.8 Å². The summed E-state index contributed by atoms with van der Waals surface area (Å²) in [6, 6.07) is 16.9. The van der Waals surface area contributed by atoms with Crippen molar-refractivity contribution in [3.8, 4) is 0 Å². The summed E-state index contributed by atoms with van der Waals surface area (Å²) in [5.74, 6) is 0.0316. The number of rotatable bonds is 9. The number of hydrogen-bond acceptors (Lipinski definition) is 5. The van der Waals surface area contributed by atoms with E-state index in [2.05, 4.69) is 14.8 Å². The van der Waals surface area contributed by atoms with Gasteiger partial charge in [-0.2, -0.15) is 0 Å². The minimum atomic E-state index is -0.256. The molecule has 0 unspecified atom stereocenters. The molecule has 3 aromatic rings. The second-order valence-corrected chi connectivity index (χ2v) is 11.4. The number of aromatic nitrogens is 1. The molecule has 2 fully saturated rings. The van der Waals surface area contributed by atoms with Gasteiger partial charge in [-0.15, -0.1) is 0 Å². The van der Waals surface area contributed by atoms with Gasteiger partial charge in [0.2, 0.25) is 0 Å². The lowest BCUT2D eigenvalue weighted by atomic mass is 9.87. The fourth-order valence-corrected chi connectivity index (χ4v) is 6.18. The summed E-state index contributed by atoms with van der Waals surface area (Å²) in [5.41, 5.74) is 2.64. The van der Waals surface area contributed by atoms with Gasteiger partial charge in [-0.25, -0.2) is 18.6 Å². The average molecular weight is 562 g/mol. The summed E-state index contributed by atoms with van der Waals surface area (Å²) in [5, 5.41) is 0. The topological polar surface area (TPSA) is 45.7 Å². The van der Waals surface area contributed by atoms with Crippen LogP contribution < -0.4 is 4.90 Å². The van der Waals surface area contributed by atoms with Crippen molar-refractivity contribution in [2.24, 2.45) is 0 Å².